The van der Waals surface area contributed by atoms with Crippen molar-refractivity contribution in [2.45, 2.75) is 64.3 Å². The van der Waals surface area contributed by atoms with Gasteiger partial charge in [0.2, 0.25) is 5.91 Å². The number of nitrogens with one attached hydrogen (secondary N) is 2. The highest BCUT2D eigenvalue weighted by Crippen LogP contribution is 2.31. The van der Waals surface area contributed by atoms with Crippen LogP contribution in [0.15, 0.2) is 48.5 Å². The van der Waals surface area contributed by atoms with Crippen LogP contribution in [0.5, 0.6) is 0 Å². The van der Waals surface area contributed by atoms with Crippen molar-refractivity contribution < 1.29 is 22.8 Å². The molecular weight excluding hydrogens is 505 g/mol. The zero-order valence-corrected chi connectivity index (χ0v) is 21.9. The van der Waals surface area contributed by atoms with Gasteiger partial charge in [0.05, 0.1) is 5.56 Å². The average molecular weight is 539 g/mol. The highest BCUT2D eigenvalue weighted by molar-refractivity contribution is 6.29. The van der Waals surface area contributed by atoms with Gasteiger partial charge in [-0.25, -0.2) is 4.79 Å². The van der Waals surface area contributed by atoms with Crippen LogP contribution in [-0.4, -0.2) is 52.8 Å². The third-order valence-electron chi connectivity index (χ3n) is 6.73. The van der Waals surface area contributed by atoms with Gasteiger partial charge >= 0.3 is 12.2 Å². The minimum absolute atomic E-state index is 0.0718. The predicted molar refractivity (Wildman–Crippen MR) is 141 cm³/mol. The second-order valence-electron chi connectivity index (χ2n) is 9.38. The van der Waals surface area contributed by atoms with Gasteiger partial charge in [-0.05, 0) is 56.0 Å². The third kappa shape index (κ3) is 8.10. The van der Waals surface area contributed by atoms with Crippen LogP contribution in [0.1, 0.15) is 50.7 Å². The number of carbonyl (C=O) groups excluding carboxylic acids is 2. The third-order valence-corrected chi connectivity index (χ3v) is 6.97. The van der Waals surface area contributed by atoms with Crippen LogP contribution in [0, 0.1) is 0 Å². The molecule has 0 aromatic heterocycles. The molecule has 2 aromatic carbocycles. The maximum Gasteiger partial charge on any atom is 0.416 e. The maximum absolute atomic E-state index is 13.5. The number of anilines is 2. The number of para-hydroxylation sites is 1. The average Bonchev–Trinajstić information content (AvgIpc) is 2.88. The predicted octanol–water partition coefficient (Wildman–Crippen LogP) is 6.57. The van der Waals surface area contributed by atoms with Crippen molar-refractivity contribution in [1.29, 1.82) is 0 Å². The molecule has 10 heteroatoms. The van der Waals surface area contributed by atoms with Gasteiger partial charge in [-0.3, -0.25) is 4.79 Å². The number of hydrogen-bond acceptors (Lipinski definition) is 3. The molecule has 1 unspecified atom stereocenters. The zero-order chi connectivity index (χ0) is 27.0. The molecule has 1 fully saturated rings. The van der Waals surface area contributed by atoms with Crippen LogP contribution in [0.4, 0.5) is 29.3 Å². The molecule has 2 aromatic rings. The first-order chi connectivity index (χ1) is 17.6. The highest BCUT2D eigenvalue weighted by atomic mass is 35.5. The summed E-state index contributed by atoms with van der Waals surface area (Å²) in [5.41, 5.74) is 0.493. The number of nitrogens with zero attached hydrogens (tertiary/aromatic N) is 2. The van der Waals surface area contributed by atoms with Gasteiger partial charge in [0.25, 0.3) is 0 Å². The standard InChI is InChI=1S/C27H34ClF3N4O2/c1-3-7-19(2)34-14-12-23(13-15-34)35(18-20-8-4-5-11-24(20)33-25(36)17-28)26(37)32-22-10-6-9-21(16-22)27(29,30)31/h4-6,8-11,16,19,23H,3,7,12-15,17-18H2,1-2H3,(H,32,37)(H,33,36). The molecule has 1 saturated heterocycles. The fourth-order valence-electron chi connectivity index (χ4n) is 4.72. The summed E-state index contributed by atoms with van der Waals surface area (Å²) in [4.78, 5) is 29.5. The monoisotopic (exact) mass is 538 g/mol. The lowest BCUT2D eigenvalue weighted by Gasteiger charge is -2.41. The quantitative estimate of drug-likeness (QED) is 0.355. The number of carbonyl (C=O) groups is 2. The Balaban J connectivity index is 1.84. The first-order valence-electron chi connectivity index (χ1n) is 12.5. The molecule has 0 radical (unpaired) electrons. The Bertz CT molecular complexity index is 1060. The minimum Gasteiger partial charge on any atom is -0.325 e. The van der Waals surface area contributed by atoms with Gasteiger partial charge in [-0.2, -0.15) is 13.2 Å². The molecule has 1 atom stereocenters. The number of hydrogen-bond donors (Lipinski definition) is 2. The van der Waals surface area contributed by atoms with Gasteiger partial charge in [-0.15, -0.1) is 11.6 Å². The van der Waals surface area contributed by atoms with E-state index in [4.69, 9.17) is 11.6 Å². The first-order valence-corrected chi connectivity index (χ1v) is 13.1. The molecule has 1 aliphatic heterocycles. The lowest BCUT2D eigenvalue weighted by molar-refractivity contribution is -0.137. The van der Waals surface area contributed by atoms with Crippen LogP contribution in [0.2, 0.25) is 0 Å². The second-order valence-corrected chi connectivity index (χ2v) is 9.65. The van der Waals surface area contributed by atoms with Gasteiger partial charge in [0.15, 0.2) is 0 Å². The molecule has 1 aliphatic rings. The van der Waals surface area contributed by atoms with Crippen LogP contribution in [-0.2, 0) is 17.5 Å². The van der Waals surface area contributed by atoms with E-state index in [0.29, 0.717) is 17.3 Å². The lowest BCUT2D eigenvalue weighted by atomic mass is 9.99. The van der Waals surface area contributed by atoms with Crippen molar-refractivity contribution in [3.63, 3.8) is 0 Å². The van der Waals surface area contributed by atoms with Crippen LogP contribution >= 0.6 is 11.6 Å². The second kappa shape index (κ2) is 13.1. The molecule has 0 spiro atoms. The van der Waals surface area contributed by atoms with E-state index in [-0.39, 0.29) is 30.1 Å². The summed E-state index contributed by atoms with van der Waals surface area (Å²) < 4.78 is 39.6. The molecule has 0 aliphatic carbocycles. The van der Waals surface area contributed by atoms with Crippen LogP contribution < -0.4 is 10.6 Å². The summed E-state index contributed by atoms with van der Waals surface area (Å²) in [6.07, 6.45) is -0.849. The van der Waals surface area contributed by atoms with E-state index in [1.165, 1.54) is 12.1 Å². The number of rotatable bonds is 9. The fraction of sp³-hybridized carbons (Fsp3) is 0.481. The number of piperidine rings is 1. The van der Waals surface area contributed by atoms with E-state index in [1.54, 1.807) is 17.0 Å². The van der Waals surface area contributed by atoms with Gasteiger partial charge in [0, 0.05) is 43.1 Å². The van der Waals surface area contributed by atoms with E-state index < -0.39 is 17.8 Å². The Morgan fingerprint density at radius 2 is 1.81 bits per heavy atom. The molecule has 3 amide bonds. The van der Waals surface area contributed by atoms with Crippen molar-refractivity contribution in [2.24, 2.45) is 0 Å². The van der Waals surface area contributed by atoms with Crippen molar-refractivity contribution in [2.75, 3.05) is 29.6 Å². The first kappa shape index (κ1) is 28.8. The van der Waals surface area contributed by atoms with E-state index >= 15 is 0 Å². The SMILES string of the molecule is CCCC(C)N1CCC(N(Cc2ccccc2NC(=O)CCl)C(=O)Nc2cccc(C(F)(F)F)c2)CC1. The maximum atomic E-state index is 13.5. The summed E-state index contributed by atoms with van der Waals surface area (Å²) in [7, 11) is 0. The van der Waals surface area contributed by atoms with Crippen molar-refractivity contribution >= 4 is 34.9 Å². The lowest BCUT2D eigenvalue weighted by Crippen LogP contribution is -2.50. The van der Waals surface area contributed by atoms with Crippen LogP contribution in [0.25, 0.3) is 0 Å². The summed E-state index contributed by atoms with van der Waals surface area (Å²) in [5, 5.41) is 5.42. The van der Waals surface area contributed by atoms with Crippen molar-refractivity contribution in [3.8, 4) is 0 Å². The smallest absolute Gasteiger partial charge is 0.325 e. The molecule has 2 N–H and O–H groups in total. The van der Waals surface area contributed by atoms with E-state index in [2.05, 4.69) is 29.4 Å². The molecule has 6 nitrogen and oxygen atoms in total. The molecule has 0 saturated carbocycles. The zero-order valence-electron chi connectivity index (χ0n) is 21.2. The number of halogens is 4. The van der Waals surface area contributed by atoms with Gasteiger partial charge < -0.3 is 20.4 Å². The van der Waals surface area contributed by atoms with E-state index in [1.807, 2.05) is 12.1 Å². The van der Waals surface area contributed by atoms with E-state index in [9.17, 15) is 22.8 Å². The fourth-order valence-corrected chi connectivity index (χ4v) is 4.79. The Hall–Kier alpha value is -2.78. The largest absolute Gasteiger partial charge is 0.416 e. The van der Waals surface area contributed by atoms with E-state index in [0.717, 1.165) is 50.9 Å². The number of benzene rings is 2. The summed E-state index contributed by atoms with van der Waals surface area (Å²) in [6.45, 7) is 6.19. The Morgan fingerprint density at radius 3 is 2.46 bits per heavy atom. The van der Waals surface area contributed by atoms with Crippen LogP contribution in [0.3, 0.4) is 0 Å². The molecule has 3 rings (SSSR count). The minimum atomic E-state index is -4.51. The summed E-state index contributed by atoms with van der Waals surface area (Å²) in [6, 6.07) is 11.6. The Morgan fingerprint density at radius 1 is 1.11 bits per heavy atom. The number of urea groups is 1. The number of amides is 3. The van der Waals surface area contributed by atoms with Crippen molar-refractivity contribution in [3.05, 3.63) is 59.7 Å². The van der Waals surface area contributed by atoms with Gasteiger partial charge in [-0.1, -0.05) is 37.6 Å². The topological polar surface area (TPSA) is 64.7 Å². The summed E-state index contributed by atoms with van der Waals surface area (Å²) >= 11 is 5.66. The summed E-state index contributed by atoms with van der Waals surface area (Å²) in [5.74, 6) is -0.574. The molecule has 0 bridgehead atoms. The molecule has 1 heterocycles. The van der Waals surface area contributed by atoms with Crippen molar-refractivity contribution in [1.82, 2.24) is 9.80 Å². The number of alkyl halides is 4. The van der Waals surface area contributed by atoms with Gasteiger partial charge in [0.1, 0.15) is 5.88 Å². The molecule has 37 heavy (non-hydrogen) atoms. The Kier molecular flexibility index (Phi) is 10.2. The normalized spacial score (nSPS) is 15.7. The highest BCUT2D eigenvalue weighted by Gasteiger charge is 2.32. The number of likely N-dealkylation sites (tertiary alicyclic amines) is 1. The Labute approximate surface area is 221 Å². The molecule has 202 valence electrons. The molecular formula is C27H34ClF3N4O2.